The Morgan fingerprint density at radius 3 is 2.55 bits per heavy atom. The van der Waals surface area contributed by atoms with Gasteiger partial charge in [0.15, 0.2) is 0 Å². The molecule has 0 saturated carbocycles. The Kier molecular flexibility index (Phi) is 4.82. The lowest BCUT2D eigenvalue weighted by Crippen LogP contribution is -2.41. The second-order valence-corrected chi connectivity index (χ2v) is 5.36. The first kappa shape index (κ1) is 14.6. The van der Waals surface area contributed by atoms with Crippen molar-refractivity contribution in [2.24, 2.45) is 0 Å². The fraction of sp³-hybridized carbons (Fsp3) is 0.600. The van der Waals surface area contributed by atoms with Crippen molar-refractivity contribution in [2.45, 2.75) is 38.7 Å². The number of pyridine rings is 1. The smallest absolute Gasteiger partial charge is 0.409 e. The fourth-order valence-electron chi connectivity index (χ4n) is 2.26. The number of carbonyl (C=O) groups is 1. The average Bonchev–Trinajstić information content (AvgIpc) is 2.48. The summed E-state index contributed by atoms with van der Waals surface area (Å²) in [5.41, 5.74) is 1.21. The van der Waals surface area contributed by atoms with E-state index in [2.05, 4.69) is 24.9 Å². The Morgan fingerprint density at radius 1 is 1.35 bits per heavy atom. The largest absolute Gasteiger partial charge is 0.474 e. The van der Waals surface area contributed by atoms with Gasteiger partial charge in [-0.05, 0) is 11.5 Å². The van der Waals surface area contributed by atoms with E-state index in [1.165, 1.54) is 12.7 Å². The normalized spacial score (nSPS) is 16.3. The molecule has 1 aliphatic rings. The summed E-state index contributed by atoms with van der Waals surface area (Å²) in [5, 5.41) is 0. The van der Waals surface area contributed by atoms with Gasteiger partial charge in [0.2, 0.25) is 5.88 Å². The predicted octanol–water partition coefficient (Wildman–Crippen LogP) is 2.81. The van der Waals surface area contributed by atoms with E-state index in [9.17, 15) is 4.79 Å². The van der Waals surface area contributed by atoms with Crippen LogP contribution in [0.15, 0.2) is 18.3 Å². The number of carbonyl (C=O) groups excluding carboxylic acids is 1. The third kappa shape index (κ3) is 3.62. The predicted molar refractivity (Wildman–Crippen MR) is 76.0 cm³/mol. The molecule has 0 unspecified atom stereocenters. The zero-order valence-corrected chi connectivity index (χ0v) is 12.3. The van der Waals surface area contributed by atoms with Gasteiger partial charge in [-0.25, -0.2) is 9.78 Å². The third-order valence-corrected chi connectivity index (χ3v) is 3.59. The van der Waals surface area contributed by atoms with Gasteiger partial charge >= 0.3 is 6.09 Å². The highest BCUT2D eigenvalue weighted by molar-refractivity contribution is 5.67. The molecule has 0 bridgehead atoms. The average molecular weight is 278 g/mol. The minimum Gasteiger partial charge on any atom is -0.474 e. The molecule has 0 atom stereocenters. The molecule has 0 radical (unpaired) electrons. The van der Waals surface area contributed by atoms with Crippen molar-refractivity contribution in [1.29, 1.82) is 0 Å². The zero-order chi connectivity index (χ0) is 14.5. The van der Waals surface area contributed by atoms with E-state index >= 15 is 0 Å². The first-order valence-electron chi connectivity index (χ1n) is 7.05. The maximum absolute atomic E-state index is 11.4. The monoisotopic (exact) mass is 278 g/mol. The minimum absolute atomic E-state index is 0.119. The Balaban J connectivity index is 1.84. The number of ether oxygens (including phenoxy) is 2. The summed E-state index contributed by atoms with van der Waals surface area (Å²) in [4.78, 5) is 17.4. The van der Waals surface area contributed by atoms with E-state index in [1.807, 2.05) is 12.3 Å². The van der Waals surface area contributed by atoms with Gasteiger partial charge in [-0.1, -0.05) is 19.9 Å². The van der Waals surface area contributed by atoms with E-state index in [1.54, 1.807) is 4.90 Å². The van der Waals surface area contributed by atoms with Crippen molar-refractivity contribution in [3.63, 3.8) is 0 Å². The lowest BCUT2D eigenvalue weighted by atomic mass is 10.1. The van der Waals surface area contributed by atoms with Crippen LogP contribution in [0.4, 0.5) is 4.79 Å². The quantitative estimate of drug-likeness (QED) is 0.853. The summed E-state index contributed by atoms with van der Waals surface area (Å²) in [5.74, 6) is 1.13. The summed E-state index contributed by atoms with van der Waals surface area (Å²) < 4.78 is 10.6. The lowest BCUT2D eigenvalue weighted by Gasteiger charge is -2.30. The lowest BCUT2D eigenvalue weighted by molar-refractivity contribution is 0.0772. The molecule has 1 saturated heterocycles. The number of hydrogen-bond acceptors (Lipinski definition) is 4. The van der Waals surface area contributed by atoms with Gasteiger partial charge in [-0.3, -0.25) is 0 Å². The maximum atomic E-state index is 11.4. The summed E-state index contributed by atoms with van der Waals surface area (Å²) in [6.07, 6.45) is 3.34. The molecule has 2 rings (SSSR count). The van der Waals surface area contributed by atoms with Crippen molar-refractivity contribution >= 4 is 6.09 Å². The number of likely N-dealkylation sites (tertiary alicyclic amines) is 1. The van der Waals surface area contributed by atoms with Gasteiger partial charge in [0, 0.05) is 38.2 Å². The Morgan fingerprint density at radius 2 is 2.05 bits per heavy atom. The van der Waals surface area contributed by atoms with Gasteiger partial charge in [-0.2, -0.15) is 0 Å². The van der Waals surface area contributed by atoms with Crippen LogP contribution >= 0.6 is 0 Å². The van der Waals surface area contributed by atoms with E-state index in [4.69, 9.17) is 9.47 Å². The molecule has 1 aliphatic heterocycles. The molecule has 5 nitrogen and oxygen atoms in total. The Labute approximate surface area is 119 Å². The van der Waals surface area contributed by atoms with Crippen molar-refractivity contribution in [2.75, 3.05) is 20.2 Å². The molecule has 0 spiro atoms. The highest BCUT2D eigenvalue weighted by Gasteiger charge is 2.24. The van der Waals surface area contributed by atoms with Crippen LogP contribution in [0.25, 0.3) is 0 Å². The number of nitrogens with zero attached hydrogens (tertiary/aromatic N) is 2. The number of amides is 1. The van der Waals surface area contributed by atoms with Gasteiger partial charge in [-0.15, -0.1) is 0 Å². The van der Waals surface area contributed by atoms with Crippen LogP contribution in [0.3, 0.4) is 0 Å². The molecule has 20 heavy (non-hydrogen) atoms. The summed E-state index contributed by atoms with van der Waals surface area (Å²) in [6, 6.07) is 3.97. The highest BCUT2D eigenvalue weighted by atomic mass is 16.5. The topological polar surface area (TPSA) is 51.7 Å². The van der Waals surface area contributed by atoms with Crippen LogP contribution in [0, 0.1) is 0 Å². The summed E-state index contributed by atoms with van der Waals surface area (Å²) in [7, 11) is 1.41. The van der Waals surface area contributed by atoms with Crippen LogP contribution in [0.1, 0.15) is 38.2 Å². The number of rotatable bonds is 3. The van der Waals surface area contributed by atoms with E-state index < -0.39 is 0 Å². The molecule has 1 aromatic heterocycles. The van der Waals surface area contributed by atoms with E-state index in [-0.39, 0.29) is 12.2 Å². The molecule has 0 aliphatic carbocycles. The number of hydrogen-bond donors (Lipinski definition) is 0. The van der Waals surface area contributed by atoms with Crippen LogP contribution in [-0.2, 0) is 4.74 Å². The van der Waals surface area contributed by atoms with Gasteiger partial charge < -0.3 is 14.4 Å². The molecular weight excluding hydrogens is 256 g/mol. The van der Waals surface area contributed by atoms with Crippen LogP contribution in [0.2, 0.25) is 0 Å². The Hall–Kier alpha value is -1.78. The van der Waals surface area contributed by atoms with Gasteiger partial charge in [0.25, 0.3) is 0 Å². The molecule has 0 aromatic carbocycles. The van der Waals surface area contributed by atoms with E-state index in [0.29, 0.717) is 24.9 Å². The molecule has 0 N–H and O–H groups in total. The summed E-state index contributed by atoms with van der Waals surface area (Å²) >= 11 is 0. The molecule has 5 heteroatoms. The van der Waals surface area contributed by atoms with Gasteiger partial charge in [0.1, 0.15) is 6.10 Å². The maximum Gasteiger partial charge on any atom is 0.409 e. The van der Waals surface area contributed by atoms with Crippen molar-refractivity contribution in [1.82, 2.24) is 9.88 Å². The number of aromatic nitrogens is 1. The second-order valence-electron chi connectivity index (χ2n) is 5.36. The minimum atomic E-state index is -0.261. The molecule has 1 aromatic rings. The zero-order valence-electron chi connectivity index (χ0n) is 12.3. The number of piperidine rings is 1. The van der Waals surface area contributed by atoms with Crippen molar-refractivity contribution in [3.8, 4) is 5.88 Å². The first-order valence-corrected chi connectivity index (χ1v) is 7.05. The third-order valence-electron chi connectivity index (χ3n) is 3.59. The SMILES string of the molecule is COC(=O)N1CCC(Oc2ccc(C(C)C)cn2)CC1. The Bertz CT molecular complexity index is 437. The second kappa shape index (κ2) is 6.59. The van der Waals surface area contributed by atoms with E-state index in [0.717, 1.165) is 12.8 Å². The first-order chi connectivity index (χ1) is 9.60. The van der Waals surface area contributed by atoms with Crippen LogP contribution < -0.4 is 4.74 Å². The molecule has 110 valence electrons. The molecule has 1 amide bonds. The fourth-order valence-corrected chi connectivity index (χ4v) is 2.26. The van der Waals surface area contributed by atoms with Gasteiger partial charge in [0.05, 0.1) is 7.11 Å². The van der Waals surface area contributed by atoms with Crippen LogP contribution in [-0.4, -0.2) is 42.3 Å². The van der Waals surface area contributed by atoms with Crippen molar-refractivity contribution in [3.05, 3.63) is 23.9 Å². The molecular formula is C15H22N2O3. The standard InChI is InChI=1S/C15H22N2O3/c1-11(2)12-4-5-14(16-10-12)20-13-6-8-17(9-7-13)15(18)19-3/h4-5,10-11,13H,6-9H2,1-3H3. The highest BCUT2D eigenvalue weighted by Crippen LogP contribution is 2.20. The van der Waals surface area contributed by atoms with Crippen LogP contribution in [0.5, 0.6) is 5.88 Å². The summed E-state index contributed by atoms with van der Waals surface area (Å²) in [6.45, 7) is 5.61. The van der Waals surface area contributed by atoms with Crippen molar-refractivity contribution < 1.29 is 14.3 Å². The molecule has 2 heterocycles. The number of methoxy groups -OCH3 is 1. The molecule has 1 fully saturated rings.